The number of piperidine rings is 1. The lowest BCUT2D eigenvalue weighted by Gasteiger charge is -2.31. The lowest BCUT2D eigenvalue weighted by atomic mass is 9.98. The average Bonchev–Trinajstić information content (AvgIpc) is 3.23. The molecule has 0 radical (unpaired) electrons. The molecule has 32 heavy (non-hydrogen) atoms. The van der Waals surface area contributed by atoms with E-state index in [1.54, 1.807) is 18.2 Å². The first-order valence-electron chi connectivity index (χ1n) is 11.2. The van der Waals surface area contributed by atoms with Crippen LogP contribution in [0.5, 0.6) is 0 Å². The van der Waals surface area contributed by atoms with Crippen LogP contribution in [0.1, 0.15) is 33.1 Å². The van der Waals surface area contributed by atoms with E-state index < -0.39 is 10.0 Å². The number of rotatable bonds is 7. The van der Waals surface area contributed by atoms with Crippen LogP contribution in [0.25, 0.3) is 22.4 Å². The average molecular weight is 455 g/mol. The molecule has 0 aliphatic carbocycles. The Morgan fingerprint density at radius 1 is 1.22 bits per heavy atom. The minimum Gasteiger partial charge on any atom is -0.356 e. The molecule has 0 bridgehead atoms. The number of H-pyrrole nitrogens is 1. The van der Waals surface area contributed by atoms with Gasteiger partial charge < -0.3 is 10.3 Å². The molecule has 1 fully saturated rings. The van der Waals surface area contributed by atoms with Gasteiger partial charge in [0.25, 0.3) is 0 Å². The molecule has 2 aromatic carbocycles. The van der Waals surface area contributed by atoms with Gasteiger partial charge in [0.15, 0.2) is 0 Å². The van der Waals surface area contributed by atoms with Crippen molar-refractivity contribution in [2.45, 2.75) is 38.0 Å². The van der Waals surface area contributed by atoms with Crippen LogP contribution in [0.15, 0.2) is 53.4 Å². The zero-order valence-corrected chi connectivity index (χ0v) is 19.4. The molecule has 4 rings (SSSR count). The zero-order chi connectivity index (χ0) is 22.7. The molecular weight excluding hydrogens is 424 g/mol. The van der Waals surface area contributed by atoms with Crippen molar-refractivity contribution >= 4 is 27.0 Å². The molecule has 3 aromatic rings. The maximum Gasteiger partial charge on any atom is 0.243 e. The quantitative estimate of drug-likeness (QED) is 0.568. The van der Waals surface area contributed by atoms with Crippen LogP contribution < -0.4 is 5.32 Å². The monoisotopic (exact) mass is 454 g/mol. The van der Waals surface area contributed by atoms with Gasteiger partial charge in [-0.2, -0.15) is 4.31 Å². The van der Waals surface area contributed by atoms with E-state index in [0.29, 0.717) is 48.7 Å². The summed E-state index contributed by atoms with van der Waals surface area (Å²) in [5.74, 6) is 0.845. The topological polar surface area (TPSA) is 95.2 Å². The van der Waals surface area contributed by atoms with Crippen molar-refractivity contribution in [2.24, 2.45) is 11.8 Å². The Morgan fingerprint density at radius 2 is 2.00 bits per heavy atom. The van der Waals surface area contributed by atoms with Crippen LogP contribution in [0.3, 0.4) is 0 Å². The molecule has 0 saturated carbocycles. The first-order valence-corrected chi connectivity index (χ1v) is 12.6. The van der Waals surface area contributed by atoms with Gasteiger partial charge in [0, 0.05) is 25.2 Å². The number of nitrogens with one attached hydrogen (secondary N) is 2. The number of aromatic nitrogens is 2. The van der Waals surface area contributed by atoms with Gasteiger partial charge in [0.05, 0.1) is 21.8 Å². The standard InChI is InChI=1S/C24H30N4O3S/c1-17(2)12-13-25-24(29)19-9-6-14-28(16-19)32(30,31)20-10-11-21-22(15-20)27-23(26-21)18-7-4-3-5-8-18/h3-5,7-8,10-11,15,17,19H,6,9,12-14,16H2,1-2H3,(H,25,29)(H,26,27)/t19-/m1/s1. The maximum atomic E-state index is 13.3. The molecule has 0 unspecified atom stereocenters. The fourth-order valence-electron chi connectivity index (χ4n) is 4.03. The van der Waals surface area contributed by atoms with Gasteiger partial charge in [-0.15, -0.1) is 0 Å². The highest BCUT2D eigenvalue weighted by Gasteiger charge is 2.33. The van der Waals surface area contributed by atoms with E-state index in [4.69, 9.17) is 0 Å². The zero-order valence-electron chi connectivity index (χ0n) is 18.5. The van der Waals surface area contributed by atoms with E-state index in [9.17, 15) is 13.2 Å². The van der Waals surface area contributed by atoms with Crippen molar-refractivity contribution in [3.05, 3.63) is 48.5 Å². The minimum absolute atomic E-state index is 0.0536. The van der Waals surface area contributed by atoms with Crippen molar-refractivity contribution in [1.82, 2.24) is 19.6 Å². The summed E-state index contributed by atoms with van der Waals surface area (Å²) >= 11 is 0. The molecule has 2 N–H and O–H groups in total. The normalized spacial score (nSPS) is 17.7. The van der Waals surface area contributed by atoms with Crippen LogP contribution in [-0.2, 0) is 14.8 Å². The lowest BCUT2D eigenvalue weighted by molar-refractivity contribution is -0.126. The molecular formula is C24H30N4O3S. The summed E-state index contributed by atoms with van der Waals surface area (Å²) in [6.07, 6.45) is 2.29. The third-order valence-corrected chi connectivity index (χ3v) is 7.78. The van der Waals surface area contributed by atoms with Crippen molar-refractivity contribution in [2.75, 3.05) is 19.6 Å². The predicted molar refractivity (Wildman–Crippen MR) is 125 cm³/mol. The van der Waals surface area contributed by atoms with Crippen LogP contribution in [0.2, 0.25) is 0 Å². The van der Waals surface area contributed by atoms with Gasteiger partial charge in [0.1, 0.15) is 5.82 Å². The predicted octanol–water partition coefficient (Wildman–Crippen LogP) is 3.79. The summed E-state index contributed by atoms with van der Waals surface area (Å²) < 4.78 is 28.1. The Hall–Kier alpha value is -2.71. The number of hydrogen-bond acceptors (Lipinski definition) is 4. The molecule has 2 heterocycles. The molecule has 8 heteroatoms. The highest BCUT2D eigenvalue weighted by Crippen LogP contribution is 2.27. The van der Waals surface area contributed by atoms with Gasteiger partial charge in [0.2, 0.25) is 15.9 Å². The largest absolute Gasteiger partial charge is 0.356 e. The van der Waals surface area contributed by atoms with Crippen LogP contribution in [0, 0.1) is 11.8 Å². The fraction of sp³-hybridized carbons (Fsp3) is 0.417. The number of benzene rings is 2. The number of aromatic amines is 1. The third-order valence-electron chi connectivity index (χ3n) is 5.91. The number of amides is 1. The smallest absolute Gasteiger partial charge is 0.243 e. The number of sulfonamides is 1. The first kappa shape index (κ1) is 22.5. The van der Waals surface area contributed by atoms with Gasteiger partial charge in [-0.25, -0.2) is 13.4 Å². The summed E-state index contributed by atoms with van der Waals surface area (Å²) in [7, 11) is -3.70. The van der Waals surface area contributed by atoms with E-state index in [1.807, 2.05) is 30.3 Å². The molecule has 1 amide bonds. The second kappa shape index (κ2) is 9.42. The Balaban J connectivity index is 1.51. The highest BCUT2D eigenvalue weighted by atomic mass is 32.2. The second-order valence-corrected chi connectivity index (χ2v) is 10.7. The summed E-state index contributed by atoms with van der Waals surface area (Å²) in [6, 6.07) is 14.7. The Labute approximate surface area is 189 Å². The second-order valence-electron chi connectivity index (χ2n) is 8.81. The highest BCUT2D eigenvalue weighted by molar-refractivity contribution is 7.89. The molecule has 1 saturated heterocycles. The van der Waals surface area contributed by atoms with E-state index in [1.165, 1.54) is 4.31 Å². The Bertz CT molecular complexity index is 1190. The number of carbonyl (C=O) groups is 1. The van der Waals surface area contributed by atoms with Crippen molar-refractivity contribution in [3.8, 4) is 11.4 Å². The first-order chi connectivity index (χ1) is 15.3. The summed E-state index contributed by atoms with van der Waals surface area (Å²) in [5.41, 5.74) is 2.32. The number of hydrogen-bond donors (Lipinski definition) is 2. The van der Waals surface area contributed by atoms with E-state index >= 15 is 0 Å². The van der Waals surface area contributed by atoms with Gasteiger partial charge in [-0.1, -0.05) is 44.2 Å². The number of nitrogens with zero attached hydrogens (tertiary/aromatic N) is 2. The van der Waals surface area contributed by atoms with Crippen molar-refractivity contribution in [1.29, 1.82) is 0 Å². The number of imidazole rings is 1. The van der Waals surface area contributed by atoms with Crippen molar-refractivity contribution < 1.29 is 13.2 Å². The molecule has 1 aliphatic heterocycles. The molecule has 7 nitrogen and oxygen atoms in total. The summed E-state index contributed by atoms with van der Waals surface area (Å²) in [5, 5.41) is 2.96. The maximum absolute atomic E-state index is 13.3. The molecule has 0 spiro atoms. The van der Waals surface area contributed by atoms with E-state index in [2.05, 4.69) is 29.1 Å². The summed E-state index contributed by atoms with van der Waals surface area (Å²) in [6.45, 7) is 5.49. The van der Waals surface area contributed by atoms with Crippen LogP contribution >= 0.6 is 0 Å². The van der Waals surface area contributed by atoms with E-state index in [-0.39, 0.29) is 23.3 Å². The Morgan fingerprint density at radius 3 is 2.75 bits per heavy atom. The Kier molecular flexibility index (Phi) is 6.62. The number of carbonyl (C=O) groups excluding carboxylic acids is 1. The fourth-order valence-corrected chi connectivity index (χ4v) is 5.58. The molecule has 1 atom stereocenters. The van der Waals surface area contributed by atoms with Crippen LogP contribution in [0.4, 0.5) is 0 Å². The van der Waals surface area contributed by atoms with Crippen molar-refractivity contribution in [3.63, 3.8) is 0 Å². The number of fused-ring (bicyclic) bond motifs is 1. The summed E-state index contributed by atoms with van der Waals surface area (Å²) in [4.78, 5) is 20.6. The molecule has 1 aliphatic rings. The SMILES string of the molecule is CC(C)CCNC(=O)[C@@H]1CCCN(S(=O)(=O)c2ccc3nc(-c4ccccc4)[nH]c3c2)C1. The lowest BCUT2D eigenvalue weighted by Crippen LogP contribution is -2.45. The van der Waals surface area contributed by atoms with Gasteiger partial charge >= 0.3 is 0 Å². The molecule has 170 valence electrons. The molecule has 1 aromatic heterocycles. The minimum atomic E-state index is -3.70. The van der Waals surface area contributed by atoms with Gasteiger partial charge in [-0.3, -0.25) is 4.79 Å². The van der Waals surface area contributed by atoms with Crippen LogP contribution in [-0.4, -0.2) is 48.2 Å². The van der Waals surface area contributed by atoms with E-state index in [0.717, 1.165) is 12.0 Å². The van der Waals surface area contributed by atoms with Gasteiger partial charge in [-0.05, 0) is 43.4 Å². The third kappa shape index (κ3) is 4.86.